The van der Waals surface area contributed by atoms with Crippen LogP contribution in [0.1, 0.15) is 0 Å². The Hall–Kier alpha value is -1.22. The number of carbonyl (C=O) groups excluding carboxylic acids is 2. The van der Waals surface area contributed by atoms with Crippen molar-refractivity contribution >= 4 is 11.8 Å². The van der Waals surface area contributed by atoms with Crippen LogP contribution < -0.4 is 10.6 Å². The van der Waals surface area contributed by atoms with Gasteiger partial charge in [-0.1, -0.05) is 0 Å². The smallest absolute Gasteiger partial charge is 0.309 e. The SMILES string of the molecule is [3H]OC[C@H]1OCC(NC(=O)C(=O)NCCO)[C@H]1O. The Kier molecular flexibility index (Phi) is 4.68. The van der Waals surface area contributed by atoms with Gasteiger partial charge in [-0.05, 0) is 0 Å². The molecule has 1 aliphatic rings. The monoisotopic (exact) mass is 250 g/mol. The van der Waals surface area contributed by atoms with Crippen LogP contribution in [-0.2, 0) is 14.3 Å². The van der Waals surface area contributed by atoms with E-state index >= 15 is 0 Å². The van der Waals surface area contributed by atoms with Gasteiger partial charge < -0.3 is 30.7 Å². The van der Waals surface area contributed by atoms with Gasteiger partial charge in [-0.3, -0.25) is 9.59 Å². The maximum atomic E-state index is 11.4. The molecule has 8 nitrogen and oxygen atoms in total. The molecule has 1 unspecified atom stereocenters. The largest absolute Gasteiger partial charge is 0.395 e. The Labute approximate surface area is 99.1 Å². The molecule has 17 heavy (non-hydrogen) atoms. The Bertz CT molecular complexity index is 303. The molecule has 0 aliphatic carbocycles. The first-order valence-corrected chi connectivity index (χ1v) is 5.17. The second-order valence-corrected chi connectivity index (χ2v) is 3.59. The zero-order valence-corrected chi connectivity index (χ0v) is 9.09. The minimum Gasteiger partial charge on any atom is -0.395 e. The molecule has 3 atom stereocenters. The molecule has 0 aromatic rings. The van der Waals surface area contributed by atoms with Gasteiger partial charge in [0.15, 0.2) is 0 Å². The number of rotatable bonds is 5. The van der Waals surface area contributed by atoms with Gasteiger partial charge in [0.25, 0.3) is 0 Å². The third-order valence-corrected chi connectivity index (χ3v) is 2.37. The van der Waals surface area contributed by atoms with Crippen LogP contribution in [-0.4, -0.2) is 73.2 Å². The minimum absolute atomic E-state index is 0.0225. The number of ether oxygens (including phenoxy) is 1. The van der Waals surface area contributed by atoms with Crippen LogP contribution in [0, 0.1) is 0 Å². The van der Waals surface area contributed by atoms with E-state index in [1.807, 2.05) is 0 Å². The van der Waals surface area contributed by atoms with Gasteiger partial charge >= 0.3 is 11.8 Å². The maximum absolute atomic E-state index is 11.4. The summed E-state index contributed by atoms with van der Waals surface area (Å²) in [6.45, 7) is -0.374. The number of aliphatic hydroxyl groups excluding tert-OH is 3. The normalized spacial score (nSPS) is 28.6. The fourth-order valence-electron chi connectivity index (χ4n) is 1.44. The van der Waals surface area contributed by atoms with Crippen molar-refractivity contribution in [3.63, 3.8) is 0 Å². The molecule has 1 heterocycles. The van der Waals surface area contributed by atoms with Crippen LogP contribution in [0.2, 0.25) is 0 Å². The molecule has 0 saturated carbocycles. The standard InChI is InChI=1S/C9H16N2O6/c12-2-1-10-8(15)9(16)11-5-4-17-6(3-13)7(5)14/h5-7,12-14H,1-4H2,(H,10,15)(H,11,16)/t5?,6-,7-/m1/s1/i13T. The van der Waals surface area contributed by atoms with Gasteiger partial charge in [0.2, 0.25) is 1.43 Å². The molecular formula is C9H16N2O6. The maximum Gasteiger partial charge on any atom is 0.309 e. The summed E-state index contributed by atoms with van der Waals surface area (Å²) >= 11 is 0. The van der Waals surface area contributed by atoms with E-state index in [2.05, 4.69) is 15.7 Å². The summed E-state index contributed by atoms with van der Waals surface area (Å²) in [4.78, 5) is 22.6. The lowest BCUT2D eigenvalue weighted by atomic mass is 10.1. The van der Waals surface area contributed by atoms with Gasteiger partial charge in [-0.2, -0.15) is 0 Å². The summed E-state index contributed by atoms with van der Waals surface area (Å²) in [7, 11) is 0. The third-order valence-electron chi connectivity index (χ3n) is 2.37. The van der Waals surface area contributed by atoms with Crippen molar-refractivity contribution in [1.82, 2.24) is 10.6 Å². The van der Waals surface area contributed by atoms with Crippen molar-refractivity contribution in [2.75, 3.05) is 26.4 Å². The van der Waals surface area contributed by atoms with Crippen molar-refractivity contribution in [3.8, 4) is 0 Å². The minimum atomic E-state index is -1.04. The molecule has 0 bridgehead atoms. The molecular weight excluding hydrogens is 232 g/mol. The fraction of sp³-hybridized carbons (Fsp3) is 0.778. The molecule has 1 aliphatic heterocycles. The summed E-state index contributed by atoms with van der Waals surface area (Å²) in [6, 6.07) is -0.725. The molecule has 8 heteroatoms. The number of amides is 2. The highest BCUT2D eigenvalue weighted by Gasteiger charge is 2.37. The molecule has 5 N–H and O–H groups in total. The zero-order valence-electron chi connectivity index (χ0n) is 10.1. The number of hydrogen-bond donors (Lipinski definition) is 5. The van der Waals surface area contributed by atoms with Crippen molar-refractivity contribution in [3.05, 3.63) is 0 Å². The van der Waals surface area contributed by atoms with E-state index in [1.165, 1.54) is 0 Å². The lowest BCUT2D eigenvalue weighted by Crippen LogP contribution is -2.50. The lowest BCUT2D eigenvalue weighted by Gasteiger charge is -2.16. The lowest BCUT2D eigenvalue weighted by molar-refractivity contribution is -0.140. The number of hydrogen-bond acceptors (Lipinski definition) is 6. The van der Waals surface area contributed by atoms with Crippen LogP contribution >= 0.6 is 0 Å². The quantitative estimate of drug-likeness (QED) is 0.320. The van der Waals surface area contributed by atoms with Crippen LogP contribution in [0.4, 0.5) is 0 Å². The predicted octanol–water partition coefficient (Wildman–Crippen LogP) is -3.67. The Morgan fingerprint density at radius 2 is 2.24 bits per heavy atom. The Morgan fingerprint density at radius 1 is 1.47 bits per heavy atom. The van der Waals surface area contributed by atoms with E-state index in [1.54, 1.807) is 0 Å². The van der Waals surface area contributed by atoms with Crippen LogP contribution in [0.5, 0.6) is 0 Å². The summed E-state index contributed by atoms with van der Waals surface area (Å²) in [6.07, 6.45) is -1.74. The number of carbonyl (C=O) groups is 2. The molecule has 98 valence electrons. The van der Waals surface area contributed by atoms with Gasteiger partial charge in [0.1, 0.15) is 12.2 Å². The van der Waals surface area contributed by atoms with E-state index < -0.39 is 30.1 Å². The third kappa shape index (κ3) is 3.63. The topological polar surface area (TPSA) is 128 Å². The van der Waals surface area contributed by atoms with Gasteiger partial charge in [0.05, 0.1) is 25.9 Å². The van der Waals surface area contributed by atoms with Gasteiger partial charge in [-0.25, -0.2) is 0 Å². The van der Waals surface area contributed by atoms with Gasteiger partial charge in [0, 0.05) is 6.54 Å². The zero-order chi connectivity index (χ0) is 13.5. The molecule has 0 spiro atoms. The molecule has 1 rings (SSSR count). The van der Waals surface area contributed by atoms with Crippen molar-refractivity contribution in [2.24, 2.45) is 0 Å². The van der Waals surface area contributed by atoms with E-state index in [9.17, 15) is 14.7 Å². The summed E-state index contributed by atoms with van der Waals surface area (Å²) in [5.74, 6) is -1.81. The summed E-state index contributed by atoms with van der Waals surface area (Å²) in [5, 5.41) is 26.8. The van der Waals surface area contributed by atoms with Crippen LogP contribution in [0.3, 0.4) is 0 Å². The second-order valence-electron chi connectivity index (χ2n) is 3.59. The molecule has 1 saturated heterocycles. The van der Waals surface area contributed by atoms with E-state index in [4.69, 9.17) is 11.3 Å². The Balaban J connectivity index is 2.39. The molecule has 0 radical (unpaired) electrons. The molecule has 1 fully saturated rings. The first kappa shape index (κ1) is 12.2. The van der Waals surface area contributed by atoms with Crippen molar-refractivity contribution in [2.45, 2.75) is 18.2 Å². The molecule has 0 aromatic heterocycles. The van der Waals surface area contributed by atoms with Crippen LogP contribution in [0.15, 0.2) is 0 Å². The molecule has 0 aromatic carbocycles. The van der Waals surface area contributed by atoms with Crippen molar-refractivity contribution < 1.29 is 29.6 Å². The molecule has 2 amide bonds. The summed E-state index contributed by atoms with van der Waals surface area (Å²) in [5.41, 5.74) is 0. The van der Waals surface area contributed by atoms with Crippen LogP contribution in [0.25, 0.3) is 0 Å². The first-order valence-electron chi connectivity index (χ1n) is 5.58. The average Bonchev–Trinajstić information content (AvgIpc) is 2.69. The van der Waals surface area contributed by atoms with E-state index in [-0.39, 0.29) is 26.4 Å². The van der Waals surface area contributed by atoms with Gasteiger partial charge in [-0.15, -0.1) is 0 Å². The Morgan fingerprint density at radius 3 is 2.88 bits per heavy atom. The average molecular weight is 250 g/mol. The highest BCUT2D eigenvalue weighted by molar-refractivity contribution is 6.35. The van der Waals surface area contributed by atoms with Crippen molar-refractivity contribution in [1.29, 1.82) is 1.43 Å². The summed E-state index contributed by atoms with van der Waals surface area (Å²) < 4.78 is 11.6. The second kappa shape index (κ2) is 6.50. The predicted molar refractivity (Wildman–Crippen MR) is 54.9 cm³/mol. The number of aliphatic hydroxyl groups is 3. The highest BCUT2D eigenvalue weighted by Crippen LogP contribution is 2.13. The van der Waals surface area contributed by atoms with E-state index in [0.29, 0.717) is 0 Å². The van der Waals surface area contributed by atoms with E-state index in [0.717, 1.165) is 0 Å². The fourth-order valence-corrected chi connectivity index (χ4v) is 1.44. The highest BCUT2D eigenvalue weighted by atomic mass is 16.5. The number of nitrogens with one attached hydrogen (secondary N) is 2. The first-order chi connectivity index (χ1) is 8.60.